The van der Waals surface area contributed by atoms with E-state index >= 15 is 0 Å². The van der Waals surface area contributed by atoms with Gasteiger partial charge in [-0.2, -0.15) is 13.2 Å². The first-order valence-corrected chi connectivity index (χ1v) is 8.21. The van der Waals surface area contributed by atoms with Crippen LogP contribution in [0, 0.1) is 6.92 Å². The van der Waals surface area contributed by atoms with Crippen molar-refractivity contribution in [3.63, 3.8) is 0 Å². The molecule has 0 saturated heterocycles. The van der Waals surface area contributed by atoms with Crippen molar-refractivity contribution in [1.82, 2.24) is 0 Å². The molecule has 1 unspecified atom stereocenters. The molecule has 0 aliphatic carbocycles. The average molecular weight is 377 g/mol. The van der Waals surface area contributed by atoms with E-state index in [0.717, 1.165) is 0 Å². The molecular weight excluding hydrogens is 360 g/mol. The first-order valence-electron chi connectivity index (χ1n) is 7.46. The Morgan fingerprint density at radius 2 is 1.62 bits per heavy atom. The SMILES string of the molecule is CCCC(O)(c1ccc(-c2ccc(Cl)cc2Cl)c(C)c1)C(F)(F)F. The third-order valence-electron chi connectivity index (χ3n) is 4.01. The number of rotatable bonds is 4. The van der Waals surface area contributed by atoms with Gasteiger partial charge in [-0.25, -0.2) is 0 Å². The standard InChI is InChI=1S/C18H17Cl2F3O/c1-3-8-17(24,18(21,22)23)12-4-6-14(11(2)9-12)15-7-5-13(19)10-16(15)20/h4-7,9-10,24H,3,8H2,1-2H3. The van der Waals surface area contributed by atoms with E-state index in [1.807, 2.05) is 0 Å². The van der Waals surface area contributed by atoms with E-state index in [2.05, 4.69) is 0 Å². The maximum absolute atomic E-state index is 13.4. The van der Waals surface area contributed by atoms with Crippen molar-refractivity contribution in [1.29, 1.82) is 0 Å². The number of hydrogen-bond donors (Lipinski definition) is 1. The molecule has 2 rings (SSSR count). The van der Waals surface area contributed by atoms with Crippen molar-refractivity contribution in [2.24, 2.45) is 0 Å². The normalized spacial score (nSPS) is 14.5. The van der Waals surface area contributed by atoms with Crippen LogP contribution >= 0.6 is 23.2 Å². The number of benzene rings is 2. The second-order valence-electron chi connectivity index (χ2n) is 5.76. The second kappa shape index (κ2) is 6.95. The summed E-state index contributed by atoms with van der Waals surface area (Å²) in [4.78, 5) is 0. The van der Waals surface area contributed by atoms with E-state index in [1.54, 1.807) is 38.1 Å². The highest BCUT2D eigenvalue weighted by molar-refractivity contribution is 6.36. The molecule has 0 aromatic heterocycles. The maximum Gasteiger partial charge on any atom is 0.421 e. The third-order valence-corrected chi connectivity index (χ3v) is 4.55. The summed E-state index contributed by atoms with van der Waals surface area (Å²) in [5.41, 5.74) is -1.05. The van der Waals surface area contributed by atoms with Crippen LogP contribution in [0.3, 0.4) is 0 Å². The Hall–Kier alpha value is -1.23. The minimum absolute atomic E-state index is 0.164. The molecule has 0 heterocycles. The van der Waals surface area contributed by atoms with Crippen LogP contribution in [0.5, 0.6) is 0 Å². The van der Waals surface area contributed by atoms with Crippen molar-refractivity contribution in [2.75, 3.05) is 0 Å². The fourth-order valence-electron chi connectivity index (χ4n) is 2.74. The van der Waals surface area contributed by atoms with Crippen LogP contribution in [-0.4, -0.2) is 11.3 Å². The Balaban J connectivity index is 2.53. The molecule has 0 amide bonds. The van der Waals surface area contributed by atoms with Crippen LogP contribution in [0.4, 0.5) is 13.2 Å². The van der Waals surface area contributed by atoms with E-state index in [9.17, 15) is 18.3 Å². The quantitative estimate of drug-likeness (QED) is 0.643. The van der Waals surface area contributed by atoms with Gasteiger partial charge in [-0.1, -0.05) is 60.8 Å². The lowest BCUT2D eigenvalue weighted by Gasteiger charge is -2.31. The van der Waals surface area contributed by atoms with Gasteiger partial charge in [0, 0.05) is 15.6 Å². The second-order valence-corrected chi connectivity index (χ2v) is 6.61. The Morgan fingerprint density at radius 1 is 1.00 bits per heavy atom. The molecule has 6 heteroatoms. The van der Waals surface area contributed by atoms with Crippen LogP contribution in [0.2, 0.25) is 10.0 Å². The lowest BCUT2D eigenvalue weighted by molar-refractivity contribution is -0.269. The molecule has 0 radical (unpaired) electrons. The Morgan fingerprint density at radius 3 is 2.12 bits per heavy atom. The van der Waals surface area contributed by atoms with Gasteiger partial charge in [0.2, 0.25) is 0 Å². The topological polar surface area (TPSA) is 20.2 Å². The minimum atomic E-state index is -4.74. The van der Waals surface area contributed by atoms with Crippen molar-refractivity contribution < 1.29 is 18.3 Å². The van der Waals surface area contributed by atoms with Gasteiger partial charge in [0.15, 0.2) is 5.60 Å². The Bertz CT molecular complexity index is 744. The lowest BCUT2D eigenvalue weighted by atomic mass is 9.86. The molecular formula is C18H17Cl2F3O. The van der Waals surface area contributed by atoms with Crippen molar-refractivity contribution in [3.8, 4) is 11.1 Å². The molecule has 24 heavy (non-hydrogen) atoms. The highest BCUT2D eigenvalue weighted by Gasteiger charge is 2.54. The fraction of sp³-hybridized carbons (Fsp3) is 0.333. The van der Waals surface area contributed by atoms with Crippen LogP contribution in [0.15, 0.2) is 36.4 Å². The molecule has 1 N–H and O–H groups in total. The average Bonchev–Trinajstić information content (AvgIpc) is 2.47. The number of halogens is 5. The van der Waals surface area contributed by atoms with Crippen molar-refractivity contribution >= 4 is 23.2 Å². The zero-order chi connectivity index (χ0) is 18.1. The molecule has 0 aliphatic heterocycles. The Labute approximate surface area is 149 Å². The minimum Gasteiger partial charge on any atom is -0.376 e. The van der Waals surface area contributed by atoms with Gasteiger partial charge in [-0.15, -0.1) is 0 Å². The van der Waals surface area contributed by atoms with Gasteiger partial charge < -0.3 is 5.11 Å². The van der Waals surface area contributed by atoms with Gasteiger partial charge in [0.1, 0.15) is 0 Å². The summed E-state index contributed by atoms with van der Waals surface area (Å²) in [6.45, 7) is 3.29. The molecule has 0 saturated carbocycles. The summed E-state index contributed by atoms with van der Waals surface area (Å²) in [6.07, 6.45) is -4.92. The maximum atomic E-state index is 13.4. The first kappa shape index (κ1) is 19.1. The molecule has 2 aromatic carbocycles. The van der Waals surface area contributed by atoms with Gasteiger partial charge >= 0.3 is 6.18 Å². The lowest BCUT2D eigenvalue weighted by Crippen LogP contribution is -2.42. The molecule has 0 fully saturated rings. The first-order chi connectivity index (χ1) is 11.1. The highest BCUT2D eigenvalue weighted by Crippen LogP contribution is 2.43. The van der Waals surface area contributed by atoms with E-state index in [0.29, 0.717) is 26.7 Å². The largest absolute Gasteiger partial charge is 0.421 e. The Kier molecular flexibility index (Phi) is 5.53. The van der Waals surface area contributed by atoms with Crippen LogP contribution in [0.25, 0.3) is 11.1 Å². The van der Waals surface area contributed by atoms with Crippen LogP contribution < -0.4 is 0 Å². The van der Waals surface area contributed by atoms with Crippen molar-refractivity contribution in [3.05, 3.63) is 57.6 Å². The van der Waals surface area contributed by atoms with Crippen molar-refractivity contribution in [2.45, 2.75) is 38.5 Å². The van der Waals surface area contributed by atoms with Crippen LogP contribution in [-0.2, 0) is 5.60 Å². The molecule has 1 nitrogen and oxygen atoms in total. The molecule has 0 bridgehead atoms. The summed E-state index contributed by atoms with van der Waals surface area (Å²) in [6, 6.07) is 9.18. The van der Waals surface area contributed by atoms with E-state index < -0.39 is 18.2 Å². The van der Waals surface area contributed by atoms with E-state index in [1.165, 1.54) is 12.1 Å². The summed E-state index contributed by atoms with van der Waals surface area (Å²) in [5.74, 6) is 0. The highest BCUT2D eigenvalue weighted by atomic mass is 35.5. The number of alkyl halides is 3. The number of aliphatic hydroxyl groups is 1. The zero-order valence-electron chi connectivity index (χ0n) is 13.2. The van der Waals surface area contributed by atoms with Gasteiger partial charge in [-0.3, -0.25) is 0 Å². The molecule has 1 atom stereocenters. The number of aryl methyl sites for hydroxylation is 1. The third kappa shape index (κ3) is 3.56. The predicted molar refractivity (Wildman–Crippen MR) is 91.5 cm³/mol. The summed E-state index contributed by atoms with van der Waals surface area (Å²) in [5, 5.41) is 11.1. The number of hydrogen-bond acceptors (Lipinski definition) is 1. The molecule has 0 aliphatic rings. The van der Waals surface area contributed by atoms with E-state index in [4.69, 9.17) is 23.2 Å². The molecule has 2 aromatic rings. The van der Waals surface area contributed by atoms with Gasteiger partial charge in [-0.05, 0) is 42.2 Å². The summed E-state index contributed by atoms with van der Waals surface area (Å²) in [7, 11) is 0. The fourth-order valence-corrected chi connectivity index (χ4v) is 3.25. The molecule has 130 valence electrons. The van der Waals surface area contributed by atoms with Gasteiger partial charge in [0.05, 0.1) is 0 Å². The summed E-state index contributed by atoms with van der Waals surface area (Å²) < 4.78 is 40.1. The predicted octanol–water partition coefficient (Wildman–Crippen LogP) is 6.52. The van der Waals surface area contributed by atoms with Gasteiger partial charge in [0.25, 0.3) is 0 Å². The molecule has 0 spiro atoms. The summed E-state index contributed by atoms with van der Waals surface area (Å²) >= 11 is 12.0. The smallest absolute Gasteiger partial charge is 0.376 e. The van der Waals surface area contributed by atoms with E-state index in [-0.39, 0.29) is 12.0 Å². The zero-order valence-corrected chi connectivity index (χ0v) is 14.7. The monoisotopic (exact) mass is 376 g/mol. The van der Waals surface area contributed by atoms with Crippen LogP contribution in [0.1, 0.15) is 30.9 Å².